The maximum Gasteiger partial charge on any atom is 0.342 e. The molecule has 0 saturated carbocycles. The fourth-order valence-electron chi connectivity index (χ4n) is 3.07. The second-order valence-corrected chi connectivity index (χ2v) is 6.87. The molecular weight excluding hydrogens is 354 g/mol. The van der Waals surface area contributed by atoms with Crippen molar-refractivity contribution in [3.8, 4) is 5.75 Å². The number of methoxy groups -OCH3 is 2. The van der Waals surface area contributed by atoms with Gasteiger partial charge in [0.05, 0.1) is 19.9 Å². The van der Waals surface area contributed by atoms with Gasteiger partial charge in [-0.15, -0.1) is 0 Å². The zero-order valence-electron chi connectivity index (χ0n) is 14.9. The van der Waals surface area contributed by atoms with Crippen molar-refractivity contribution in [1.29, 1.82) is 0 Å². The number of benzene rings is 1. The Morgan fingerprint density at radius 1 is 1.27 bits per heavy atom. The maximum atomic E-state index is 12.6. The smallest absolute Gasteiger partial charge is 0.342 e. The van der Waals surface area contributed by atoms with E-state index in [9.17, 15) is 9.59 Å². The minimum absolute atomic E-state index is 0.227. The third-order valence-electron chi connectivity index (χ3n) is 4.54. The zero-order valence-corrected chi connectivity index (χ0v) is 15.8. The van der Waals surface area contributed by atoms with E-state index in [0.717, 1.165) is 23.7 Å². The number of nitrogens with one attached hydrogen (secondary N) is 1. The van der Waals surface area contributed by atoms with Gasteiger partial charge in [-0.2, -0.15) is 4.37 Å². The molecule has 2 heterocycles. The molecule has 1 atom stereocenters. The number of ether oxygens (including phenoxy) is 2. The summed E-state index contributed by atoms with van der Waals surface area (Å²) in [5.41, 5.74) is 2.05. The van der Waals surface area contributed by atoms with Crippen molar-refractivity contribution >= 4 is 28.5 Å². The molecule has 1 aliphatic rings. The van der Waals surface area contributed by atoms with Crippen LogP contribution in [0.2, 0.25) is 0 Å². The van der Waals surface area contributed by atoms with Gasteiger partial charge in [-0.05, 0) is 42.6 Å². The first-order valence-corrected chi connectivity index (χ1v) is 9.05. The number of likely N-dealkylation sites (tertiary alicyclic amines) is 1. The molecule has 1 N–H and O–H groups in total. The lowest BCUT2D eigenvalue weighted by atomic mass is 9.98. The van der Waals surface area contributed by atoms with Crippen LogP contribution in [0, 0.1) is 6.92 Å². The Balaban J connectivity index is 1.66. The van der Waals surface area contributed by atoms with Crippen molar-refractivity contribution in [2.24, 2.45) is 0 Å². The van der Waals surface area contributed by atoms with Crippen LogP contribution in [0.4, 0.5) is 9.80 Å². The van der Waals surface area contributed by atoms with Gasteiger partial charge in [-0.25, -0.2) is 9.59 Å². The van der Waals surface area contributed by atoms with Gasteiger partial charge in [0.1, 0.15) is 16.3 Å². The highest BCUT2D eigenvalue weighted by atomic mass is 32.1. The Hall–Kier alpha value is -2.61. The summed E-state index contributed by atoms with van der Waals surface area (Å²) in [5, 5.41) is 3.22. The summed E-state index contributed by atoms with van der Waals surface area (Å²) in [5.74, 6) is 0.608. The second-order valence-electron chi connectivity index (χ2n) is 6.10. The molecule has 1 aromatic heterocycles. The molecule has 8 heteroatoms. The third-order valence-corrected chi connectivity index (χ3v) is 5.39. The lowest BCUT2D eigenvalue weighted by molar-refractivity contribution is 0.0601. The van der Waals surface area contributed by atoms with Gasteiger partial charge >= 0.3 is 12.0 Å². The number of rotatable bonds is 4. The Kier molecular flexibility index (Phi) is 5.41. The number of aromatic nitrogens is 1. The highest BCUT2D eigenvalue weighted by Gasteiger charge is 2.29. The number of aryl methyl sites for hydroxylation is 1. The third kappa shape index (κ3) is 3.65. The van der Waals surface area contributed by atoms with Crippen LogP contribution in [0.3, 0.4) is 0 Å². The van der Waals surface area contributed by atoms with E-state index >= 15 is 0 Å². The number of esters is 1. The van der Waals surface area contributed by atoms with Crippen LogP contribution in [0.5, 0.6) is 5.75 Å². The highest BCUT2D eigenvalue weighted by Crippen LogP contribution is 2.30. The van der Waals surface area contributed by atoms with Crippen molar-refractivity contribution in [3.05, 3.63) is 41.1 Å². The van der Waals surface area contributed by atoms with E-state index < -0.39 is 5.97 Å². The van der Waals surface area contributed by atoms with Crippen molar-refractivity contribution in [3.63, 3.8) is 0 Å². The number of carbonyl (C=O) groups is 2. The molecule has 26 heavy (non-hydrogen) atoms. The average molecular weight is 375 g/mol. The van der Waals surface area contributed by atoms with Gasteiger partial charge in [-0.1, -0.05) is 12.1 Å². The Bertz CT molecular complexity index is 803. The van der Waals surface area contributed by atoms with E-state index in [4.69, 9.17) is 9.47 Å². The summed E-state index contributed by atoms with van der Waals surface area (Å²) in [6, 6.07) is 7.70. The Labute approximate surface area is 156 Å². The largest absolute Gasteiger partial charge is 0.497 e. The first-order valence-electron chi connectivity index (χ1n) is 8.28. The normalized spacial score (nSPS) is 16.4. The van der Waals surface area contributed by atoms with Crippen LogP contribution < -0.4 is 10.1 Å². The van der Waals surface area contributed by atoms with E-state index in [2.05, 4.69) is 9.69 Å². The molecule has 0 aliphatic carbocycles. The maximum absolute atomic E-state index is 12.6. The van der Waals surface area contributed by atoms with E-state index in [1.165, 1.54) is 12.7 Å². The highest BCUT2D eigenvalue weighted by molar-refractivity contribution is 7.11. The van der Waals surface area contributed by atoms with Crippen LogP contribution in [0.1, 0.15) is 34.0 Å². The molecule has 0 bridgehead atoms. The molecule has 0 radical (unpaired) electrons. The first kappa shape index (κ1) is 18.2. The number of amides is 2. The van der Waals surface area contributed by atoms with Gasteiger partial charge in [0.15, 0.2) is 0 Å². The molecule has 7 nitrogen and oxygen atoms in total. The average Bonchev–Trinajstić information content (AvgIpc) is 3.28. The minimum atomic E-state index is -0.496. The van der Waals surface area contributed by atoms with E-state index in [0.29, 0.717) is 29.3 Å². The number of carbonyl (C=O) groups excluding carboxylic acids is 2. The topological polar surface area (TPSA) is 80.8 Å². The van der Waals surface area contributed by atoms with Gasteiger partial charge in [0.25, 0.3) is 0 Å². The lowest BCUT2D eigenvalue weighted by Crippen LogP contribution is -2.33. The summed E-state index contributed by atoms with van der Waals surface area (Å²) in [4.78, 5) is 26.2. The van der Waals surface area contributed by atoms with Crippen LogP contribution >= 0.6 is 11.5 Å². The second kappa shape index (κ2) is 7.74. The van der Waals surface area contributed by atoms with Crippen LogP contribution in [-0.4, -0.2) is 48.6 Å². The zero-order chi connectivity index (χ0) is 18.7. The van der Waals surface area contributed by atoms with Crippen molar-refractivity contribution in [2.45, 2.75) is 19.3 Å². The minimum Gasteiger partial charge on any atom is -0.497 e. The summed E-state index contributed by atoms with van der Waals surface area (Å²) in [7, 11) is 2.95. The molecular formula is C18H21N3O4S. The molecule has 2 amide bonds. The summed E-state index contributed by atoms with van der Waals surface area (Å²) in [6.07, 6.45) is 0.894. The van der Waals surface area contributed by atoms with Crippen molar-refractivity contribution in [1.82, 2.24) is 9.27 Å². The van der Waals surface area contributed by atoms with Crippen LogP contribution in [0.25, 0.3) is 0 Å². The monoisotopic (exact) mass is 375 g/mol. The Morgan fingerprint density at radius 2 is 2.00 bits per heavy atom. The number of nitrogens with zero attached hydrogens (tertiary/aromatic N) is 2. The van der Waals surface area contributed by atoms with Gasteiger partial charge in [0, 0.05) is 19.0 Å². The summed E-state index contributed by atoms with van der Waals surface area (Å²) < 4.78 is 14.1. The fourth-order valence-corrected chi connectivity index (χ4v) is 3.84. The van der Waals surface area contributed by atoms with Crippen molar-refractivity contribution < 1.29 is 19.1 Å². The SMILES string of the molecule is COC(=O)c1c(C)nsc1NC(=O)N1CCC(c2ccc(OC)cc2)C1. The van der Waals surface area contributed by atoms with E-state index in [-0.39, 0.29) is 11.9 Å². The molecule has 138 valence electrons. The van der Waals surface area contributed by atoms with Crippen LogP contribution in [-0.2, 0) is 4.74 Å². The molecule has 1 aliphatic heterocycles. The standard InChI is InChI=1S/C18H21N3O4S/c1-11-15(17(22)25-3)16(26-20-11)19-18(23)21-9-8-13(10-21)12-4-6-14(24-2)7-5-12/h4-7,13H,8-10H2,1-3H3,(H,19,23). The van der Waals surface area contributed by atoms with Gasteiger partial charge < -0.3 is 14.4 Å². The molecule has 1 fully saturated rings. The number of anilines is 1. The van der Waals surface area contributed by atoms with Crippen LogP contribution in [0.15, 0.2) is 24.3 Å². The van der Waals surface area contributed by atoms with Gasteiger partial charge in [0.2, 0.25) is 0 Å². The summed E-state index contributed by atoms with van der Waals surface area (Å²) in [6.45, 7) is 3.01. The number of hydrogen-bond donors (Lipinski definition) is 1. The molecule has 1 saturated heterocycles. The predicted molar refractivity (Wildman–Crippen MR) is 99.1 cm³/mol. The number of hydrogen-bond acceptors (Lipinski definition) is 6. The van der Waals surface area contributed by atoms with Crippen molar-refractivity contribution in [2.75, 3.05) is 32.6 Å². The molecule has 1 unspecified atom stereocenters. The molecule has 1 aromatic carbocycles. The Morgan fingerprint density at radius 3 is 2.65 bits per heavy atom. The van der Waals surface area contributed by atoms with E-state index in [1.807, 2.05) is 24.3 Å². The molecule has 0 spiro atoms. The quantitative estimate of drug-likeness (QED) is 0.830. The number of urea groups is 1. The predicted octanol–water partition coefficient (Wildman–Crippen LogP) is 3.27. The molecule has 2 aromatic rings. The summed E-state index contributed by atoms with van der Waals surface area (Å²) >= 11 is 1.08. The van der Waals surface area contributed by atoms with E-state index in [1.54, 1.807) is 18.9 Å². The first-order chi connectivity index (χ1) is 12.5. The van der Waals surface area contributed by atoms with Gasteiger partial charge in [-0.3, -0.25) is 5.32 Å². The molecule has 3 rings (SSSR count). The fraction of sp³-hybridized carbons (Fsp3) is 0.389. The lowest BCUT2D eigenvalue weighted by Gasteiger charge is -2.17.